The van der Waals surface area contributed by atoms with Gasteiger partial charge in [0.15, 0.2) is 5.13 Å². The van der Waals surface area contributed by atoms with Crippen molar-refractivity contribution in [2.24, 2.45) is 0 Å². The molecule has 2 aromatic heterocycles. The van der Waals surface area contributed by atoms with Gasteiger partial charge in [-0.05, 0) is 5.56 Å². The number of thiazole rings is 1. The van der Waals surface area contributed by atoms with Crippen LogP contribution in [0.15, 0.2) is 57.6 Å². The van der Waals surface area contributed by atoms with Crippen molar-refractivity contribution < 1.29 is 4.79 Å². The molecule has 3 aromatic rings. The second-order valence-electron chi connectivity index (χ2n) is 7.47. The highest BCUT2D eigenvalue weighted by atomic mass is 32.1. The maximum absolute atomic E-state index is 12.7. The number of aromatic nitrogens is 3. The smallest absolute Gasteiger partial charge is 0.300 e. The molecule has 0 unspecified atom stereocenters. The van der Waals surface area contributed by atoms with Crippen LogP contribution in [-0.4, -0.2) is 20.0 Å². The lowest BCUT2D eigenvalue weighted by atomic mass is 9.93. The Hall–Kier alpha value is -3.00. The normalized spacial score (nSPS) is 11.4. The highest BCUT2D eigenvalue weighted by Crippen LogP contribution is 2.26. The molecule has 1 amide bonds. The van der Waals surface area contributed by atoms with Gasteiger partial charge in [0.25, 0.3) is 5.56 Å². The first-order valence-corrected chi connectivity index (χ1v) is 9.72. The Morgan fingerprint density at radius 2 is 1.86 bits per heavy atom. The van der Waals surface area contributed by atoms with E-state index in [9.17, 15) is 14.4 Å². The molecule has 1 aromatic carbocycles. The SMILES string of the molecule is CC(C)(C)c1csc(NC(=O)Cn2c(=O)ccn(Cc3ccccc3)c2=O)n1. The van der Waals surface area contributed by atoms with E-state index in [-0.39, 0.29) is 12.0 Å². The van der Waals surface area contributed by atoms with E-state index in [0.29, 0.717) is 11.7 Å². The van der Waals surface area contributed by atoms with Crippen molar-refractivity contribution in [3.63, 3.8) is 0 Å². The van der Waals surface area contributed by atoms with Crippen molar-refractivity contribution in [1.82, 2.24) is 14.1 Å². The van der Waals surface area contributed by atoms with Crippen molar-refractivity contribution >= 4 is 22.4 Å². The molecule has 0 atom stereocenters. The molecule has 0 radical (unpaired) electrons. The molecule has 8 heteroatoms. The Balaban J connectivity index is 1.77. The van der Waals surface area contributed by atoms with Crippen molar-refractivity contribution in [1.29, 1.82) is 0 Å². The third-order valence-corrected chi connectivity index (χ3v) is 4.91. The predicted molar refractivity (Wildman–Crippen MR) is 110 cm³/mol. The largest absolute Gasteiger partial charge is 0.331 e. The number of anilines is 1. The summed E-state index contributed by atoms with van der Waals surface area (Å²) in [4.78, 5) is 41.5. The van der Waals surface area contributed by atoms with Crippen molar-refractivity contribution in [3.05, 3.63) is 80.1 Å². The number of carbonyl (C=O) groups is 1. The maximum Gasteiger partial charge on any atom is 0.331 e. The molecule has 2 heterocycles. The minimum Gasteiger partial charge on any atom is -0.300 e. The summed E-state index contributed by atoms with van der Waals surface area (Å²) in [7, 11) is 0. The summed E-state index contributed by atoms with van der Waals surface area (Å²) in [6, 6.07) is 10.7. The highest BCUT2D eigenvalue weighted by molar-refractivity contribution is 7.13. The molecule has 0 fully saturated rings. The van der Waals surface area contributed by atoms with Gasteiger partial charge in [-0.3, -0.25) is 18.7 Å². The first kappa shape index (κ1) is 19.8. The topological polar surface area (TPSA) is 86.0 Å². The number of amides is 1. The van der Waals surface area contributed by atoms with Crippen LogP contribution in [0.3, 0.4) is 0 Å². The van der Waals surface area contributed by atoms with Crippen LogP contribution in [0.4, 0.5) is 5.13 Å². The van der Waals surface area contributed by atoms with Gasteiger partial charge in [-0.1, -0.05) is 51.1 Å². The molecule has 146 valence electrons. The number of nitrogens with zero attached hydrogens (tertiary/aromatic N) is 3. The summed E-state index contributed by atoms with van der Waals surface area (Å²) in [5.74, 6) is -0.466. The van der Waals surface area contributed by atoms with E-state index in [2.05, 4.69) is 10.3 Å². The Kier molecular flexibility index (Phi) is 5.60. The second-order valence-corrected chi connectivity index (χ2v) is 8.33. The van der Waals surface area contributed by atoms with Gasteiger partial charge >= 0.3 is 5.69 Å². The zero-order valence-corrected chi connectivity index (χ0v) is 16.8. The van der Waals surface area contributed by atoms with Crippen LogP contribution < -0.4 is 16.6 Å². The molecule has 0 spiro atoms. The standard InChI is InChI=1S/C20H22N4O3S/c1-20(2,3)15-13-28-18(21-15)22-16(25)12-24-17(26)9-10-23(19(24)27)11-14-7-5-4-6-8-14/h4-10,13H,11-12H2,1-3H3,(H,21,22,25). The Morgan fingerprint density at radius 1 is 1.14 bits per heavy atom. The third kappa shape index (κ3) is 4.64. The van der Waals surface area contributed by atoms with Gasteiger partial charge in [-0.2, -0.15) is 0 Å². The van der Waals surface area contributed by atoms with Crippen LogP contribution >= 0.6 is 11.3 Å². The maximum atomic E-state index is 12.7. The van der Waals surface area contributed by atoms with Crippen LogP contribution in [-0.2, 0) is 23.3 Å². The van der Waals surface area contributed by atoms with Gasteiger partial charge in [-0.15, -0.1) is 11.3 Å². The molecule has 0 aliphatic carbocycles. The molecular weight excluding hydrogens is 376 g/mol. The fraction of sp³-hybridized carbons (Fsp3) is 0.300. The lowest BCUT2D eigenvalue weighted by Crippen LogP contribution is -2.41. The number of rotatable bonds is 5. The molecule has 3 rings (SSSR count). The first-order valence-electron chi connectivity index (χ1n) is 8.84. The monoisotopic (exact) mass is 398 g/mol. The molecule has 0 saturated heterocycles. The van der Waals surface area contributed by atoms with Gasteiger partial charge in [0, 0.05) is 23.1 Å². The molecule has 7 nitrogen and oxygen atoms in total. The average Bonchev–Trinajstić information content (AvgIpc) is 3.11. The molecular formula is C20H22N4O3S. The van der Waals surface area contributed by atoms with Crippen LogP contribution in [0.1, 0.15) is 32.0 Å². The van der Waals surface area contributed by atoms with Crippen LogP contribution in [0.5, 0.6) is 0 Å². The van der Waals surface area contributed by atoms with Crippen molar-refractivity contribution in [2.45, 2.75) is 39.3 Å². The summed E-state index contributed by atoms with van der Waals surface area (Å²) in [6.07, 6.45) is 1.45. The van der Waals surface area contributed by atoms with Gasteiger partial charge in [0.05, 0.1) is 12.2 Å². The Bertz CT molecular complexity index is 1090. The Labute approximate surface area is 166 Å². The predicted octanol–water partition coefficient (Wildman–Crippen LogP) is 2.45. The fourth-order valence-electron chi connectivity index (χ4n) is 2.58. The average molecular weight is 398 g/mol. The zero-order chi connectivity index (χ0) is 20.3. The fourth-order valence-corrected chi connectivity index (χ4v) is 3.53. The minimum atomic E-state index is -0.527. The second kappa shape index (κ2) is 7.93. The van der Waals surface area contributed by atoms with E-state index in [1.165, 1.54) is 28.2 Å². The molecule has 1 N–H and O–H groups in total. The van der Waals surface area contributed by atoms with Crippen molar-refractivity contribution in [3.8, 4) is 0 Å². The number of benzene rings is 1. The van der Waals surface area contributed by atoms with Crippen LogP contribution in [0, 0.1) is 0 Å². The summed E-state index contributed by atoms with van der Waals surface area (Å²) >= 11 is 1.31. The number of hydrogen-bond acceptors (Lipinski definition) is 5. The van der Waals surface area contributed by atoms with Gasteiger partial charge in [0.1, 0.15) is 6.54 Å². The van der Waals surface area contributed by atoms with Crippen LogP contribution in [0.25, 0.3) is 0 Å². The number of nitrogens with one attached hydrogen (secondary N) is 1. The van der Waals surface area contributed by atoms with Crippen molar-refractivity contribution in [2.75, 3.05) is 5.32 Å². The van der Waals surface area contributed by atoms with E-state index in [1.54, 1.807) is 0 Å². The number of hydrogen-bond donors (Lipinski definition) is 1. The first-order chi connectivity index (χ1) is 13.2. The van der Waals surface area contributed by atoms with Gasteiger partial charge in [0.2, 0.25) is 5.91 Å². The van der Waals surface area contributed by atoms with E-state index >= 15 is 0 Å². The minimum absolute atomic E-state index is 0.124. The molecule has 0 aliphatic heterocycles. The third-order valence-electron chi connectivity index (χ3n) is 4.16. The summed E-state index contributed by atoms with van der Waals surface area (Å²) in [5, 5.41) is 5.00. The summed E-state index contributed by atoms with van der Waals surface area (Å²) < 4.78 is 2.33. The van der Waals surface area contributed by atoms with E-state index in [1.807, 2.05) is 56.5 Å². The summed E-state index contributed by atoms with van der Waals surface area (Å²) in [5.41, 5.74) is 0.632. The molecule has 0 bridgehead atoms. The molecule has 28 heavy (non-hydrogen) atoms. The van der Waals surface area contributed by atoms with E-state index in [4.69, 9.17) is 0 Å². The van der Waals surface area contributed by atoms with Gasteiger partial charge in [-0.25, -0.2) is 9.78 Å². The highest BCUT2D eigenvalue weighted by Gasteiger charge is 2.18. The Morgan fingerprint density at radius 3 is 2.50 bits per heavy atom. The van der Waals surface area contributed by atoms with Crippen LogP contribution in [0.2, 0.25) is 0 Å². The molecule has 0 aliphatic rings. The summed E-state index contributed by atoms with van der Waals surface area (Å²) in [6.45, 7) is 6.06. The van der Waals surface area contributed by atoms with E-state index in [0.717, 1.165) is 15.8 Å². The lowest BCUT2D eigenvalue weighted by molar-refractivity contribution is -0.116. The quantitative estimate of drug-likeness (QED) is 0.715. The number of carbonyl (C=O) groups excluding carboxylic acids is 1. The van der Waals surface area contributed by atoms with Gasteiger partial charge < -0.3 is 5.32 Å². The van der Waals surface area contributed by atoms with E-state index < -0.39 is 17.2 Å². The molecule has 0 saturated carbocycles. The lowest BCUT2D eigenvalue weighted by Gasteiger charge is -2.14. The zero-order valence-electron chi connectivity index (χ0n) is 16.0.